The second-order valence-electron chi connectivity index (χ2n) is 5.78. The van der Waals surface area contributed by atoms with Gasteiger partial charge in [-0.1, -0.05) is 61.0 Å². The molecule has 4 nitrogen and oxygen atoms in total. The van der Waals surface area contributed by atoms with Crippen LogP contribution in [0.25, 0.3) is 17.2 Å². The number of carbonyl (C=O) groups excluding carboxylic acids is 1. The highest BCUT2D eigenvalue weighted by molar-refractivity contribution is 5.93. The largest absolute Gasteiger partial charge is 0.481 e. The van der Waals surface area contributed by atoms with E-state index in [2.05, 4.69) is 5.32 Å². The maximum Gasteiger partial charge on any atom is 0.303 e. The van der Waals surface area contributed by atoms with Gasteiger partial charge in [-0.15, -0.1) is 0 Å². The van der Waals surface area contributed by atoms with Crippen LogP contribution in [-0.4, -0.2) is 23.5 Å². The summed E-state index contributed by atoms with van der Waals surface area (Å²) in [5.74, 6) is -0.912. The number of benzene rings is 2. The van der Waals surface area contributed by atoms with Crippen molar-refractivity contribution in [1.82, 2.24) is 5.32 Å². The van der Waals surface area contributed by atoms with E-state index >= 15 is 0 Å². The van der Waals surface area contributed by atoms with Crippen LogP contribution in [0, 0.1) is 0 Å². The summed E-state index contributed by atoms with van der Waals surface area (Å²) in [5.41, 5.74) is 3.19. The molecule has 130 valence electrons. The van der Waals surface area contributed by atoms with E-state index in [1.54, 1.807) is 6.08 Å². The summed E-state index contributed by atoms with van der Waals surface area (Å²) >= 11 is 0. The fourth-order valence-corrected chi connectivity index (χ4v) is 2.54. The quantitative estimate of drug-likeness (QED) is 0.534. The lowest BCUT2D eigenvalue weighted by Gasteiger charge is -2.06. The van der Waals surface area contributed by atoms with Crippen LogP contribution in [0.1, 0.15) is 31.2 Å². The van der Waals surface area contributed by atoms with E-state index in [-0.39, 0.29) is 12.3 Å². The van der Waals surface area contributed by atoms with Crippen LogP contribution in [0.15, 0.2) is 60.7 Å². The lowest BCUT2D eigenvalue weighted by atomic mass is 9.99. The Morgan fingerprint density at radius 3 is 2.40 bits per heavy atom. The maximum atomic E-state index is 11.9. The highest BCUT2D eigenvalue weighted by atomic mass is 16.4. The fraction of sp³-hybridized carbons (Fsp3) is 0.238. The molecule has 0 aliphatic carbocycles. The summed E-state index contributed by atoms with van der Waals surface area (Å²) in [6, 6.07) is 18.0. The molecule has 4 heteroatoms. The Bertz CT molecular complexity index is 723. The van der Waals surface area contributed by atoms with Crippen molar-refractivity contribution < 1.29 is 14.7 Å². The SMILES string of the molecule is O=C(O)CCCCCNC(=O)/C=C/c1ccccc1-c1ccccc1. The molecular formula is C21H23NO3. The molecule has 2 aromatic rings. The maximum absolute atomic E-state index is 11.9. The first-order valence-electron chi connectivity index (χ1n) is 8.49. The molecule has 0 spiro atoms. The number of unbranched alkanes of at least 4 members (excludes halogenated alkanes) is 2. The molecule has 2 rings (SSSR count). The zero-order valence-corrected chi connectivity index (χ0v) is 14.2. The van der Waals surface area contributed by atoms with Gasteiger partial charge in [-0.2, -0.15) is 0 Å². The fourth-order valence-electron chi connectivity index (χ4n) is 2.54. The summed E-state index contributed by atoms with van der Waals surface area (Å²) in [5, 5.41) is 11.4. The van der Waals surface area contributed by atoms with Gasteiger partial charge < -0.3 is 10.4 Å². The molecule has 2 aromatic carbocycles. The molecule has 0 atom stereocenters. The molecule has 0 aromatic heterocycles. The van der Waals surface area contributed by atoms with Gasteiger partial charge in [0.2, 0.25) is 5.91 Å². The molecule has 0 unspecified atom stereocenters. The number of rotatable bonds is 9. The molecule has 0 saturated heterocycles. The molecule has 0 aliphatic rings. The van der Waals surface area contributed by atoms with Crippen LogP contribution in [-0.2, 0) is 9.59 Å². The van der Waals surface area contributed by atoms with Crippen molar-refractivity contribution in [3.63, 3.8) is 0 Å². The number of carboxylic acid groups (broad SMARTS) is 1. The Labute approximate surface area is 148 Å². The van der Waals surface area contributed by atoms with Crippen LogP contribution in [0.2, 0.25) is 0 Å². The van der Waals surface area contributed by atoms with Crippen molar-refractivity contribution in [2.45, 2.75) is 25.7 Å². The molecule has 0 fully saturated rings. The van der Waals surface area contributed by atoms with Crippen LogP contribution in [0.3, 0.4) is 0 Å². The number of amides is 1. The predicted octanol–water partition coefficient (Wildman–Crippen LogP) is 4.13. The van der Waals surface area contributed by atoms with Crippen molar-refractivity contribution in [1.29, 1.82) is 0 Å². The van der Waals surface area contributed by atoms with E-state index < -0.39 is 5.97 Å². The molecule has 25 heavy (non-hydrogen) atoms. The predicted molar refractivity (Wildman–Crippen MR) is 100 cm³/mol. The topological polar surface area (TPSA) is 66.4 Å². The highest BCUT2D eigenvalue weighted by Crippen LogP contribution is 2.24. The smallest absolute Gasteiger partial charge is 0.303 e. The minimum absolute atomic E-state index is 0.138. The summed E-state index contributed by atoms with van der Waals surface area (Å²) in [7, 11) is 0. The molecule has 0 aliphatic heterocycles. The zero-order valence-electron chi connectivity index (χ0n) is 14.2. The highest BCUT2D eigenvalue weighted by Gasteiger charge is 2.02. The standard InChI is InChI=1S/C21H23NO3/c23-20(22-16-8-2-5-13-21(24)25)15-14-18-11-6-7-12-19(18)17-9-3-1-4-10-17/h1,3-4,6-7,9-12,14-15H,2,5,8,13,16H2,(H,22,23)(H,24,25)/b15-14+. The third-order valence-electron chi connectivity index (χ3n) is 3.83. The number of carboxylic acids is 1. The third-order valence-corrected chi connectivity index (χ3v) is 3.83. The molecule has 2 N–H and O–H groups in total. The summed E-state index contributed by atoms with van der Waals surface area (Å²) in [6.45, 7) is 0.559. The Morgan fingerprint density at radius 1 is 0.920 bits per heavy atom. The van der Waals surface area contributed by atoms with Crippen molar-refractivity contribution in [2.75, 3.05) is 6.54 Å². The van der Waals surface area contributed by atoms with Gasteiger partial charge in [0, 0.05) is 19.0 Å². The van der Waals surface area contributed by atoms with Crippen LogP contribution < -0.4 is 5.32 Å². The van der Waals surface area contributed by atoms with Gasteiger partial charge in [-0.25, -0.2) is 0 Å². The zero-order chi connectivity index (χ0) is 17.9. The Morgan fingerprint density at radius 2 is 1.64 bits per heavy atom. The van der Waals surface area contributed by atoms with E-state index in [0.29, 0.717) is 13.0 Å². The molecule has 0 saturated carbocycles. The normalized spacial score (nSPS) is 10.7. The van der Waals surface area contributed by atoms with Crippen LogP contribution >= 0.6 is 0 Å². The van der Waals surface area contributed by atoms with Crippen LogP contribution in [0.4, 0.5) is 0 Å². The van der Waals surface area contributed by atoms with Crippen molar-refractivity contribution in [3.8, 4) is 11.1 Å². The van der Waals surface area contributed by atoms with E-state index in [1.165, 1.54) is 0 Å². The first-order chi connectivity index (χ1) is 12.2. The van der Waals surface area contributed by atoms with Gasteiger partial charge in [-0.05, 0) is 35.6 Å². The Kier molecular flexibility index (Phi) is 7.44. The van der Waals surface area contributed by atoms with E-state index in [4.69, 9.17) is 5.11 Å². The average Bonchev–Trinajstić information content (AvgIpc) is 2.63. The van der Waals surface area contributed by atoms with Gasteiger partial charge in [0.25, 0.3) is 0 Å². The van der Waals surface area contributed by atoms with Gasteiger partial charge in [-0.3, -0.25) is 9.59 Å². The minimum Gasteiger partial charge on any atom is -0.481 e. The number of aliphatic carboxylic acids is 1. The Balaban J connectivity index is 1.85. The van der Waals surface area contributed by atoms with Gasteiger partial charge >= 0.3 is 5.97 Å². The van der Waals surface area contributed by atoms with E-state index in [9.17, 15) is 9.59 Å². The molecular weight excluding hydrogens is 314 g/mol. The second kappa shape index (κ2) is 10.1. The van der Waals surface area contributed by atoms with Crippen LogP contribution in [0.5, 0.6) is 0 Å². The minimum atomic E-state index is -0.774. The lowest BCUT2D eigenvalue weighted by molar-refractivity contribution is -0.137. The first-order valence-corrected chi connectivity index (χ1v) is 8.49. The van der Waals surface area contributed by atoms with Crippen molar-refractivity contribution in [3.05, 3.63) is 66.2 Å². The van der Waals surface area contributed by atoms with Crippen molar-refractivity contribution >= 4 is 18.0 Å². The molecule has 1 amide bonds. The van der Waals surface area contributed by atoms with Gasteiger partial charge in [0.1, 0.15) is 0 Å². The van der Waals surface area contributed by atoms with Gasteiger partial charge in [0.15, 0.2) is 0 Å². The van der Waals surface area contributed by atoms with Gasteiger partial charge in [0.05, 0.1) is 0 Å². The third kappa shape index (κ3) is 6.63. The Hall–Kier alpha value is -2.88. The number of nitrogens with one attached hydrogen (secondary N) is 1. The van der Waals surface area contributed by atoms with E-state index in [1.807, 2.05) is 60.7 Å². The summed E-state index contributed by atoms with van der Waals surface area (Å²) < 4.78 is 0. The average molecular weight is 337 g/mol. The molecule has 0 bridgehead atoms. The van der Waals surface area contributed by atoms with Crippen molar-refractivity contribution in [2.24, 2.45) is 0 Å². The first kappa shape index (κ1) is 18.5. The second-order valence-corrected chi connectivity index (χ2v) is 5.78. The van der Waals surface area contributed by atoms with E-state index in [0.717, 1.165) is 29.5 Å². The molecule has 0 heterocycles. The monoisotopic (exact) mass is 337 g/mol. The summed E-state index contributed by atoms with van der Waals surface area (Å²) in [4.78, 5) is 22.3. The lowest BCUT2D eigenvalue weighted by Crippen LogP contribution is -2.22. The summed E-state index contributed by atoms with van der Waals surface area (Å²) in [6.07, 6.45) is 5.78. The molecule has 0 radical (unpaired) electrons. The number of hydrogen-bond donors (Lipinski definition) is 2. The number of hydrogen-bond acceptors (Lipinski definition) is 2. The number of carbonyl (C=O) groups is 2.